The molecule has 0 N–H and O–H groups in total. The molecule has 0 amide bonds. The topological polar surface area (TPSA) is 35.5 Å². The molecule has 0 radical (unpaired) electrons. The van der Waals surface area contributed by atoms with Gasteiger partial charge in [0.05, 0.1) is 7.11 Å². The van der Waals surface area contributed by atoms with Gasteiger partial charge in [0.25, 0.3) is 0 Å². The van der Waals surface area contributed by atoms with Crippen molar-refractivity contribution in [2.45, 2.75) is 26.4 Å². The van der Waals surface area contributed by atoms with Crippen LogP contribution in [0.1, 0.15) is 24.5 Å². The highest BCUT2D eigenvalue weighted by atomic mass is 16.5. The van der Waals surface area contributed by atoms with Crippen LogP contribution in [0.3, 0.4) is 0 Å². The van der Waals surface area contributed by atoms with Crippen LogP contribution in [0.5, 0.6) is 11.5 Å². The van der Waals surface area contributed by atoms with Crippen molar-refractivity contribution in [3.8, 4) is 11.5 Å². The molecule has 0 unspecified atom stereocenters. The van der Waals surface area contributed by atoms with Gasteiger partial charge in [0.1, 0.15) is 12.4 Å². The second-order valence-corrected chi connectivity index (χ2v) is 4.96. The smallest absolute Gasteiger partial charge is 0.161 e. The SMILES string of the molecule is COc1cc(CCC(C)=O)ccc1OCc1ccccc1. The number of hydrogen-bond donors (Lipinski definition) is 0. The summed E-state index contributed by atoms with van der Waals surface area (Å²) >= 11 is 0. The highest BCUT2D eigenvalue weighted by molar-refractivity contribution is 5.75. The van der Waals surface area contributed by atoms with Crippen LogP contribution in [-0.2, 0) is 17.8 Å². The number of carbonyl (C=O) groups excluding carboxylic acids is 1. The van der Waals surface area contributed by atoms with Gasteiger partial charge in [-0.15, -0.1) is 0 Å². The summed E-state index contributed by atoms with van der Waals surface area (Å²) in [7, 11) is 1.62. The van der Waals surface area contributed by atoms with Gasteiger partial charge >= 0.3 is 0 Å². The van der Waals surface area contributed by atoms with Gasteiger partial charge < -0.3 is 14.3 Å². The van der Waals surface area contributed by atoms with Crippen molar-refractivity contribution in [1.29, 1.82) is 0 Å². The molecular weight excluding hydrogens is 264 g/mol. The van der Waals surface area contributed by atoms with E-state index in [1.165, 1.54) is 0 Å². The summed E-state index contributed by atoms with van der Waals surface area (Å²) in [6.07, 6.45) is 1.28. The average molecular weight is 284 g/mol. The number of rotatable bonds is 7. The Morgan fingerprint density at radius 2 is 1.76 bits per heavy atom. The fraction of sp³-hybridized carbons (Fsp3) is 0.278. The standard InChI is InChI=1S/C18H20O3/c1-14(19)8-9-15-10-11-17(18(12-15)20-2)21-13-16-6-4-3-5-7-16/h3-7,10-12H,8-9,13H2,1-2H3. The number of hydrogen-bond acceptors (Lipinski definition) is 3. The molecule has 0 atom stereocenters. The van der Waals surface area contributed by atoms with Gasteiger partial charge in [-0.2, -0.15) is 0 Å². The maximum atomic E-state index is 11.0. The van der Waals surface area contributed by atoms with E-state index in [2.05, 4.69) is 0 Å². The summed E-state index contributed by atoms with van der Waals surface area (Å²) in [5.74, 6) is 1.61. The molecule has 0 heterocycles. The second kappa shape index (κ2) is 7.48. The van der Waals surface area contributed by atoms with E-state index in [0.29, 0.717) is 24.5 Å². The monoisotopic (exact) mass is 284 g/mol. The molecular formula is C18H20O3. The van der Waals surface area contributed by atoms with Gasteiger partial charge in [-0.3, -0.25) is 0 Å². The Balaban J connectivity index is 2.04. The Morgan fingerprint density at radius 1 is 1.00 bits per heavy atom. The van der Waals surface area contributed by atoms with Gasteiger partial charge in [-0.1, -0.05) is 36.4 Å². The number of benzene rings is 2. The summed E-state index contributed by atoms with van der Waals surface area (Å²) in [6, 6.07) is 15.8. The number of aryl methyl sites for hydroxylation is 1. The van der Waals surface area contributed by atoms with Crippen molar-refractivity contribution in [2.75, 3.05) is 7.11 Å². The van der Waals surface area contributed by atoms with Crippen LogP contribution in [0.15, 0.2) is 48.5 Å². The van der Waals surface area contributed by atoms with Crippen molar-refractivity contribution >= 4 is 5.78 Å². The third-order valence-electron chi connectivity index (χ3n) is 3.23. The van der Waals surface area contributed by atoms with Crippen LogP contribution in [0.25, 0.3) is 0 Å². The predicted octanol–water partition coefficient (Wildman–Crippen LogP) is 3.80. The molecule has 110 valence electrons. The molecule has 2 aromatic carbocycles. The third kappa shape index (κ3) is 4.63. The Bertz CT molecular complexity index is 591. The minimum absolute atomic E-state index is 0.193. The first kappa shape index (κ1) is 15.1. The average Bonchev–Trinajstić information content (AvgIpc) is 2.52. The normalized spacial score (nSPS) is 10.2. The lowest BCUT2D eigenvalue weighted by molar-refractivity contribution is -0.116. The van der Waals surface area contributed by atoms with Crippen LogP contribution in [0, 0.1) is 0 Å². The zero-order valence-corrected chi connectivity index (χ0v) is 12.5. The molecule has 0 bridgehead atoms. The minimum Gasteiger partial charge on any atom is -0.493 e. The van der Waals surface area contributed by atoms with Gasteiger partial charge in [-0.25, -0.2) is 0 Å². The van der Waals surface area contributed by atoms with Crippen molar-refractivity contribution in [1.82, 2.24) is 0 Å². The molecule has 0 spiro atoms. The number of Topliss-reactive ketones (excluding diaryl/α,β-unsaturated/α-hetero) is 1. The first-order valence-corrected chi connectivity index (χ1v) is 7.02. The molecule has 21 heavy (non-hydrogen) atoms. The van der Waals surface area contributed by atoms with E-state index in [4.69, 9.17) is 9.47 Å². The van der Waals surface area contributed by atoms with Crippen LogP contribution in [0.4, 0.5) is 0 Å². The first-order valence-electron chi connectivity index (χ1n) is 7.02. The van der Waals surface area contributed by atoms with Crippen LogP contribution < -0.4 is 9.47 Å². The van der Waals surface area contributed by atoms with E-state index in [1.807, 2.05) is 48.5 Å². The van der Waals surface area contributed by atoms with Crippen molar-refractivity contribution in [3.05, 3.63) is 59.7 Å². The molecule has 3 heteroatoms. The Morgan fingerprint density at radius 3 is 2.43 bits per heavy atom. The summed E-state index contributed by atoms with van der Waals surface area (Å²) in [5, 5.41) is 0. The fourth-order valence-electron chi connectivity index (χ4n) is 2.04. The second-order valence-electron chi connectivity index (χ2n) is 4.96. The number of ether oxygens (including phenoxy) is 2. The summed E-state index contributed by atoms with van der Waals surface area (Å²) < 4.78 is 11.2. The minimum atomic E-state index is 0.193. The lowest BCUT2D eigenvalue weighted by Gasteiger charge is -2.12. The molecule has 0 saturated heterocycles. The Kier molecular flexibility index (Phi) is 5.38. The molecule has 3 nitrogen and oxygen atoms in total. The highest BCUT2D eigenvalue weighted by Gasteiger charge is 2.07. The van der Waals surface area contributed by atoms with Crippen molar-refractivity contribution in [3.63, 3.8) is 0 Å². The van der Waals surface area contributed by atoms with E-state index in [-0.39, 0.29) is 5.78 Å². The molecule has 2 rings (SSSR count). The zero-order valence-electron chi connectivity index (χ0n) is 12.5. The van der Waals surface area contributed by atoms with Gasteiger partial charge in [0, 0.05) is 6.42 Å². The molecule has 0 aliphatic carbocycles. The number of carbonyl (C=O) groups is 1. The summed E-state index contributed by atoms with van der Waals surface area (Å²) in [6.45, 7) is 2.11. The fourth-order valence-corrected chi connectivity index (χ4v) is 2.04. The molecule has 0 fully saturated rings. The third-order valence-corrected chi connectivity index (χ3v) is 3.23. The van der Waals surface area contributed by atoms with E-state index >= 15 is 0 Å². The Labute approximate surface area is 125 Å². The maximum Gasteiger partial charge on any atom is 0.161 e. The summed E-state index contributed by atoms with van der Waals surface area (Å²) in [5.41, 5.74) is 2.19. The highest BCUT2D eigenvalue weighted by Crippen LogP contribution is 2.29. The van der Waals surface area contributed by atoms with Crippen molar-refractivity contribution in [2.24, 2.45) is 0 Å². The van der Waals surface area contributed by atoms with E-state index in [9.17, 15) is 4.79 Å². The molecule has 0 aliphatic rings. The largest absolute Gasteiger partial charge is 0.493 e. The molecule has 0 aliphatic heterocycles. The Hall–Kier alpha value is -2.29. The van der Waals surface area contributed by atoms with E-state index < -0.39 is 0 Å². The van der Waals surface area contributed by atoms with Gasteiger partial charge in [-0.05, 0) is 36.6 Å². The first-order chi connectivity index (χ1) is 10.2. The van der Waals surface area contributed by atoms with Crippen LogP contribution in [0.2, 0.25) is 0 Å². The molecule has 2 aromatic rings. The number of ketones is 1. The van der Waals surface area contributed by atoms with E-state index in [0.717, 1.165) is 17.5 Å². The maximum absolute atomic E-state index is 11.0. The lowest BCUT2D eigenvalue weighted by atomic mass is 10.1. The lowest BCUT2D eigenvalue weighted by Crippen LogP contribution is -1.99. The van der Waals surface area contributed by atoms with Gasteiger partial charge in [0.2, 0.25) is 0 Å². The number of methoxy groups -OCH3 is 1. The zero-order chi connectivity index (χ0) is 15.1. The van der Waals surface area contributed by atoms with Crippen molar-refractivity contribution < 1.29 is 14.3 Å². The van der Waals surface area contributed by atoms with Crippen LogP contribution in [-0.4, -0.2) is 12.9 Å². The van der Waals surface area contributed by atoms with Gasteiger partial charge in [0.15, 0.2) is 11.5 Å². The predicted molar refractivity (Wildman–Crippen MR) is 82.8 cm³/mol. The quantitative estimate of drug-likeness (QED) is 0.776. The molecule has 0 saturated carbocycles. The summed E-state index contributed by atoms with van der Waals surface area (Å²) in [4.78, 5) is 11.0. The van der Waals surface area contributed by atoms with E-state index in [1.54, 1.807) is 14.0 Å². The molecule has 0 aromatic heterocycles. The van der Waals surface area contributed by atoms with Crippen LogP contribution >= 0.6 is 0 Å².